The molecule has 1 aromatic carbocycles. The second kappa shape index (κ2) is 4.59. The van der Waals surface area contributed by atoms with Crippen molar-refractivity contribution in [2.75, 3.05) is 12.4 Å². The molecule has 0 spiro atoms. The van der Waals surface area contributed by atoms with Crippen LogP contribution < -0.4 is 5.32 Å². The molecule has 2 aromatic rings. The first-order chi connectivity index (χ1) is 7.38. The van der Waals surface area contributed by atoms with Crippen molar-refractivity contribution in [3.8, 4) is 0 Å². The van der Waals surface area contributed by atoms with Crippen molar-refractivity contribution in [1.29, 1.82) is 0 Å². The van der Waals surface area contributed by atoms with Crippen LogP contribution in [0.15, 0.2) is 34.9 Å². The lowest BCUT2D eigenvalue weighted by molar-refractivity contribution is 0.379. The van der Waals surface area contributed by atoms with Crippen molar-refractivity contribution in [3.05, 3.63) is 41.8 Å². The molecular weight excluding hydrogens is 190 g/mol. The van der Waals surface area contributed by atoms with E-state index in [9.17, 15) is 0 Å². The number of rotatable bonds is 4. The maximum atomic E-state index is 5.05. The van der Waals surface area contributed by atoms with Crippen molar-refractivity contribution < 1.29 is 4.52 Å². The van der Waals surface area contributed by atoms with Gasteiger partial charge in [-0.3, -0.25) is 0 Å². The van der Waals surface area contributed by atoms with E-state index in [0.29, 0.717) is 11.8 Å². The Labute approximate surface area is 88.3 Å². The molecule has 78 valence electrons. The minimum Gasteiger partial charge on any atom is -0.355 e. The van der Waals surface area contributed by atoms with Gasteiger partial charge in [0.2, 0.25) is 5.89 Å². The van der Waals surface area contributed by atoms with Crippen molar-refractivity contribution in [2.24, 2.45) is 0 Å². The van der Waals surface area contributed by atoms with E-state index < -0.39 is 0 Å². The minimum atomic E-state index is 0.540. The van der Waals surface area contributed by atoms with Gasteiger partial charge in [-0.15, -0.1) is 0 Å². The van der Waals surface area contributed by atoms with Gasteiger partial charge in [0.25, 0.3) is 5.95 Å². The van der Waals surface area contributed by atoms with Gasteiger partial charge in [-0.05, 0) is 17.1 Å². The fourth-order valence-corrected chi connectivity index (χ4v) is 1.35. The molecule has 1 N–H and O–H groups in total. The van der Waals surface area contributed by atoms with Gasteiger partial charge in [-0.25, -0.2) is 0 Å². The van der Waals surface area contributed by atoms with E-state index in [0.717, 1.165) is 12.8 Å². The number of hydrogen-bond donors (Lipinski definition) is 1. The third kappa shape index (κ3) is 2.56. The van der Waals surface area contributed by atoms with Gasteiger partial charge in [0.15, 0.2) is 0 Å². The van der Waals surface area contributed by atoms with E-state index in [1.807, 2.05) is 18.2 Å². The Bertz CT molecular complexity index is 411. The molecule has 0 atom stereocenters. The third-order valence-corrected chi connectivity index (χ3v) is 2.16. The lowest BCUT2D eigenvalue weighted by atomic mass is 10.1. The zero-order chi connectivity index (χ0) is 10.5. The van der Waals surface area contributed by atoms with Crippen LogP contribution in [0.25, 0.3) is 0 Å². The SMILES string of the molecule is CNc1noc(CCc2ccccc2)n1. The number of nitrogens with zero attached hydrogens (tertiary/aromatic N) is 2. The molecule has 0 saturated carbocycles. The molecule has 4 heteroatoms. The van der Waals surface area contributed by atoms with E-state index in [1.165, 1.54) is 5.56 Å². The van der Waals surface area contributed by atoms with E-state index in [-0.39, 0.29) is 0 Å². The molecule has 2 rings (SSSR count). The fraction of sp³-hybridized carbons (Fsp3) is 0.273. The maximum absolute atomic E-state index is 5.05. The highest BCUT2D eigenvalue weighted by Crippen LogP contribution is 2.07. The minimum absolute atomic E-state index is 0.540. The molecule has 0 radical (unpaired) electrons. The molecule has 0 aliphatic heterocycles. The molecule has 0 aliphatic rings. The molecule has 0 bridgehead atoms. The molecular formula is C11H13N3O. The number of anilines is 1. The summed E-state index contributed by atoms with van der Waals surface area (Å²) in [6, 6.07) is 10.3. The van der Waals surface area contributed by atoms with Crippen molar-refractivity contribution in [1.82, 2.24) is 10.1 Å². The van der Waals surface area contributed by atoms with E-state index >= 15 is 0 Å². The summed E-state index contributed by atoms with van der Waals surface area (Å²) in [4.78, 5) is 4.15. The summed E-state index contributed by atoms with van der Waals surface area (Å²) < 4.78 is 5.05. The maximum Gasteiger partial charge on any atom is 0.263 e. The van der Waals surface area contributed by atoms with Crippen molar-refractivity contribution >= 4 is 5.95 Å². The van der Waals surface area contributed by atoms with Gasteiger partial charge in [0, 0.05) is 13.5 Å². The summed E-state index contributed by atoms with van der Waals surface area (Å²) in [6.45, 7) is 0. The number of hydrogen-bond acceptors (Lipinski definition) is 4. The quantitative estimate of drug-likeness (QED) is 0.824. The lowest BCUT2D eigenvalue weighted by Crippen LogP contribution is -1.93. The Morgan fingerprint density at radius 1 is 1.20 bits per heavy atom. The fourth-order valence-electron chi connectivity index (χ4n) is 1.35. The molecule has 4 nitrogen and oxygen atoms in total. The summed E-state index contributed by atoms with van der Waals surface area (Å²) in [6.07, 6.45) is 1.70. The molecule has 15 heavy (non-hydrogen) atoms. The first kappa shape index (κ1) is 9.71. The van der Waals surface area contributed by atoms with Gasteiger partial charge in [0.1, 0.15) is 0 Å². The molecule has 0 unspecified atom stereocenters. The number of benzene rings is 1. The van der Waals surface area contributed by atoms with Crippen LogP contribution in [-0.4, -0.2) is 17.2 Å². The van der Waals surface area contributed by atoms with Gasteiger partial charge < -0.3 is 9.84 Å². The molecule has 1 heterocycles. The standard InChI is InChI=1S/C11H13N3O/c1-12-11-13-10(15-14-11)8-7-9-5-3-2-4-6-9/h2-6H,7-8H2,1H3,(H,12,14). The summed E-state index contributed by atoms with van der Waals surface area (Å²) >= 11 is 0. The second-order valence-electron chi connectivity index (χ2n) is 3.25. The summed E-state index contributed by atoms with van der Waals surface area (Å²) in [5, 5.41) is 6.58. The van der Waals surface area contributed by atoms with E-state index in [2.05, 4.69) is 27.6 Å². The number of nitrogens with one attached hydrogen (secondary N) is 1. The number of aryl methyl sites for hydroxylation is 2. The zero-order valence-electron chi connectivity index (χ0n) is 8.60. The van der Waals surface area contributed by atoms with Gasteiger partial charge in [-0.2, -0.15) is 4.98 Å². The van der Waals surface area contributed by atoms with Crippen molar-refractivity contribution in [2.45, 2.75) is 12.8 Å². The van der Waals surface area contributed by atoms with Crippen LogP contribution in [0.5, 0.6) is 0 Å². The Morgan fingerprint density at radius 2 is 2.00 bits per heavy atom. The lowest BCUT2D eigenvalue weighted by Gasteiger charge is -1.96. The van der Waals surface area contributed by atoms with Crippen LogP contribution in [-0.2, 0) is 12.8 Å². The third-order valence-electron chi connectivity index (χ3n) is 2.16. The highest BCUT2D eigenvalue weighted by molar-refractivity contribution is 5.20. The van der Waals surface area contributed by atoms with Crippen molar-refractivity contribution in [3.63, 3.8) is 0 Å². The van der Waals surface area contributed by atoms with Crippen LogP contribution >= 0.6 is 0 Å². The summed E-state index contributed by atoms with van der Waals surface area (Å²) in [7, 11) is 1.77. The molecule has 0 fully saturated rings. The van der Waals surface area contributed by atoms with Crippen LogP contribution in [0.4, 0.5) is 5.95 Å². The normalized spacial score (nSPS) is 10.2. The highest BCUT2D eigenvalue weighted by atomic mass is 16.5. The Kier molecular flexibility index (Phi) is 2.97. The Balaban J connectivity index is 1.93. The van der Waals surface area contributed by atoms with Gasteiger partial charge >= 0.3 is 0 Å². The molecule has 0 saturated heterocycles. The van der Waals surface area contributed by atoms with E-state index in [1.54, 1.807) is 7.05 Å². The molecule has 0 amide bonds. The highest BCUT2D eigenvalue weighted by Gasteiger charge is 2.04. The average Bonchev–Trinajstić information content (AvgIpc) is 2.76. The summed E-state index contributed by atoms with van der Waals surface area (Å²) in [5.41, 5.74) is 1.28. The second-order valence-corrected chi connectivity index (χ2v) is 3.25. The topological polar surface area (TPSA) is 51.0 Å². The predicted molar refractivity (Wildman–Crippen MR) is 57.7 cm³/mol. The molecule has 1 aromatic heterocycles. The summed E-state index contributed by atoms with van der Waals surface area (Å²) in [5.74, 6) is 1.21. The average molecular weight is 203 g/mol. The smallest absolute Gasteiger partial charge is 0.263 e. The van der Waals surface area contributed by atoms with Crippen LogP contribution in [0.3, 0.4) is 0 Å². The Morgan fingerprint density at radius 3 is 2.67 bits per heavy atom. The van der Waals surface area contributed by atoms with Crippen LogP contribution in [0, 0.1) is 0 Å². The van der Waals surface area contributed by atoms with Crippen LogP contribution in [0.2, 0.25) is 0 Å². The van der Waals surface area contributed by atoms with Crippen LogP contribution in [0.1, 0.15) is 11.5 Å². The number of aromatic nitrogens is 2. The van der Waals surface area contributed by atoms with Gasteiger partial charge in [-0.1, -0.05) is 30.3 Å². The molecule has 0 aliphatic carbocycles. The largest absolute Gasteiger partial charge is 0.355 e. The Hall–Kier alpha value is -1.84. The predicted octanol–water partition coefficient (Wildman–Crippen LogP) is 1.90. The first-order valence-corrected chi connectivity index (χ1v) is 4.93. The zero-order valence-corrected chi connectivity index (χ0v) is 8.60. The van der Waals surface area contributed by atoms with Gasteiger partial charge in [0.05, 0.1) is 0 Å². The van der Waals surface area contributed by atoms with E-state index in [4.69, 9.17) is 4.52 Å². The first-order valence-electron chi connectivity index (χ1n) is 4.93. The monoisotopic (exact) mass is 203 g/mol.